The molecule has 2 heterocycles. The molecule has 3 aromatic carbocycles. The van der Waals surface area contributed by atoms with E-state index in [9.17, 15) is 48.3 Å². The number of carbonyl (C=O) groups is 9. The number of anilines is 1. The number of rotatable bonds is 45. The summed E-state index contributed by atoms with van der Waals surface area (Å²) in [5.74, 6) is 1.13. The van der Waals surface area contributed by atoms with Gasteiger partial charge in [-0.05, 0) is 85.1 Å². The van der Waals surface area contributed by atoms with E-state index in [4.69, 9.17) is 23.7 Å². The second-order valence-electron chi connectivity index (χ2n) is 26.6. The minimum atomic E-state index is -1.02. The Kier molecular flexibility index (Phi) is 34.7. The van der Waals surface area contributed by atoms with Crippen molar-refractivity contribution in [1.82, 2.24) is 20.0 Å². The van der Waals surface area contributed by atoms with Crippen LogP contribution in [0, 0.1) is 53.3 Å². The van der Waals surface area contributed by atoms with Crippen molar-refractivity contribution in [2.75, 3.05) is 92.0 Å². The third-order valence-electron chi connectivity index (χ3n) is 19.1. The van der Waals surface area contributed by atoms with Gasteiger partial charge < -0.3 is 53.7 Å². The number of carboxylic acid groups (broad SMARTS) is 1. The summed E-state index contributed by atoms with van der Waals surface area (Å²) in [6.07, 6.45) is 3.20. The number of aliphatic carboxylic acids is 1. The van der Waals surface area contributed by atoms with E-state index in [2.05, 4.69) is 17.2 Å². The van der Waals surface area contributed by atoms with Crippen LogP contribution in [0.25, 0.3) is 0 Å². The maximum Gasteiger partial charge on any atom is 0.307 e. The summed E-state index contributed by atoms with van der Waals surface area (Å²) in [4.78, 5) is 129. The van der Waals surface area contributed by atoms with E-state index in [1.54, 1.807) is 31.0 Å². The predicted molar refractivity (Wildman–Crippen MR) is 368 cm³/mol. The summed E-state index contributed by atoms with van der Waals surface area (Å²) in [6, 6.07) is 23.1. The normalized spacial score (nSPS) is 16.1. The van der Waals surface area contributed by atoms with E-state index in [0.717, 1.165) is 34.4 Å². The van der Waals surface area contributed by atoms with Gasteiger partial charge in [0, 0.05) is 115 Å². The number of benzene rings is 3. The molecule has 5 amide bonds. The van der Waals surface area contributed by atoms with Crippen molar-refractivity contribution in [1.29, 1.82) is 0 Å². The highest BCUT2D eigenvalue weighted by atomic mass is 16.6. The van der Waals surface area contributed by atoms with Crippen molar-refractivity contribution < 1.29 is 71.9 Å². The quantitative estimate of drug-likeness (QED) is 0.0395. The lowest BCUT2D eigenvalue weighted by Crippen LogP contribution is -2.54. The maximum absolute atomic E-state index is 14.8. The van der Waals surface area contributed by atoms with Gasteiger partial charge in [-0.1, -0.05) is 134 Å². The van der Waals surface area contributed by atoms with Crippen molar-refractivity contribution >= 4 is 58.5 Å². The number of ketones is 3. The van der Waals surface area contributed by atoms with Gasteiger partial charge in [0.25, 0.3) is 0 Å². The molecule has 96 heavy (non-hydrogen) atoms. The predicted octanol–water partition coefficient (Wildman–Crippen LogP) is 9.57. The van der Waals surface area contributed by atoms with Crippen molar-refractivity contribution in [3.05, 3.63) is 101 Å². The van der Waals surface area contributed by atoms with Crippen molar-refractivity contribution in [2.24, 2.45) is 41.4 Å². The van der Waals surface area contributed by atoms with Gasteiger partial charge in [-0.3, -0.25) is 43.2 Å². The van der Waals surface area contributed by atoms with Gasteiger partial charge in [-0.15, -0.1) is 0 Å². The highest BCUT2D eigenvalue weighted by Gasteiger charge is 2.43. The Labute approximate surface area is 570 Å². The second kappa shape index (κ2) is 41.8. The number of hydrogen-bond acceptors (Lipinski definition) is 14. The number of fused-ring (bicyclic) bond motifs is 2. The number of Topliss-reactive ketones (excluding diaryl/α,β-unsaturated/α-hetero) is 3. The van der Waals surface area contributed by atoms with Gasteiger partial charge in [0.15, 0.2) is 5.78 Å². The van der Waals surface area contributed by atoms with Crippen LogP contribution in [0.4, 0.5) is 5.69 Å². The number of carboxylic acids is 1. The van der Waals surface area contributed by atoms with Crippen LogP contribution in [0.1, 0.15) is 161 Å². The number of nitrogens with zero attached hydrogens (tertiary/aromatic N) is 4. The van der Waals surface area contributed by atoms with Gasteiger partial charge in [0.2, 0.25) is 29.5 Å². The average molecular weight is 1330 g/mol. The molecule has 2 aliphatic heterocycles. The van der Waals surface area contributed by atoms with Crippen molar-refractivity contribution in [2.45, 2.75) is 176 Å². The molecule has 3 aromatic rings. The van der Waals surface area contributed by atoms with Crippen LogP contribution in [0.5, 0.6) is 0 Å². The molecular weight excluding hydrogens is 1220 g/mol. The Morgan fingerprint density at radius 2 is 1.25 bits per heavy atom. The van der Waals surface area contributed by atoms with E-state index in [1.807, 2.05) is 139 Å². The first kappa shape index (κ1) is 79.5. The van der Waals surface area contributed by atoms with Crippen molar-refractivity contribution in [3.8, 4) is 11.8 Å². The molecule has 0 spiro atoms. The SMILES string of the molecule is CC[C@H](C)[C@@H]([C@@H](CC(=O)N1CCC[C@H]1[C@H](C)[C@@H](C)C(=O)C[C@@H](Cc1ccccc1)C(=O)O)OC)N(C)C(=O)[C@@H](CC(=O)[C@H](C(C)C)N(C)C(=O)CCCC(=O)CCCOCCOCCOCCOCCC(=O)NCCC(=O)N1Cc2ccccc2C#Cc2ccccc21)C(C)C. The number of likely N-dealkylation sites (N-methyl/N-ethyl adjacent to an activating group) is 2. The van der Waals surface area contributed by atoms with Crippen LogP contribution in [-0.2, 0) is 79.8 Å². The summed E-state index contributed by atoms with van der Waals surface area (Å²) in [5, 5.41) is 12.9. The summed E-state index contributed by atoms with van der Waals surface area (Å²) in [6.45, 7) is 19.1. The van der Waals surface area contributed by atoms with E-state index in [1.165, 1.54) is 4.90 Å². The van der Waals surface area contributed by atoms with Crippen LogP contribution in [0.15, 0.2) is 78.9 Å². The number of hydrogen-bond donors (Lipinski definition) is 2. The Morgan fingerprint density at radius 1 is 0.646 bits per heavy atom. The number of carbonyl (C=O) groups excluding carboxylic acids is 8. The zero-order chi connectivity index (χ0) is 70.3. The Morgan fingerprint density at radius 3 is 1.89 bits per heavy atom. The van der Waals surface area contributed by atoms with E-state index < -0.39 is 41.9 Å². The van der Waals surface area contributed by atoms with Gasteiger partial charge >= 0.3 is 5.97 Å². The topological polar surface area (TPSA) is 245 Å². The zero-order valence-electron chi connectivity index (χ0n) is 59.0. The number of nitrogens with one attached hydrogen (secondary N) is 1. The number of amides is 5. The van der Waals surface area contributed by atoms with Gasteiger partial charge in [0.05, 0.1) is 89.0 Å². The Hall–Kier alpha value is -7.15. The number of likely N-dealkylation sites (tertiary alicyclic amines) is 1. The van der Waals surface area contributed by atoms with E-state index in [0.29, 0.717) is 91.4 Å². The van der Waals surface area contributed by atoms with Crippen LogP contribution in [0.3, 0.4) is 0 Å². The number of methoxy groups -OCH3 is 1. The Balaban J connectivity index is 0.939. The van der Waals surface area contributed by atoms with Gasteiger partial charge in [0.1, 0.15) is 11.6 Å². The lowest BCUT2D eigenvalue weighted by atomic mass is 9.81. The third-order valence-corrected chi connectivity index (χ3v) is 19.1. The molecule has 9 atom stereocenters. The molecule has 0 aromatic heterocycles. The molecular formula is C76H109N5O15. The molecule has 20 heteroatoms. The molecule has 0 unspecified atom stereocenters. The number of para-hydroxylation sites is 1. The molecule has 0 bridgehead atoms. The smallest absolute Gasteiger partial charge is 0.307 e. The monoisotopic (exact) mass is 1330 g/mol. The lowest BCUT2D eigenvalue weighted by molar-refractivity contribution is -0.149. The lowest BCUT2D eigenvalue weighted by Gasteiger charge is -2.41. The highest BCUT2D eigenvalue weighted by Crippen LogP contribution is 2.34. The molecule has 2 N–H and O–H groups in total. The molecule has 1 saturated heterocycles. The fourth-order valence-electron chi connectivity index (χ4n) is 13.0. The number of ether oxygens (including phenoxy) is 5. The third kappa shape index (κ3) is 25.1. The standard InChI is InChI=1S/C76H109N5O15/c1-12-54(6)74(68(92-11)50-72(88)80-38-21-31-64(80)55(7)56(8)66(83)48-61(76(90)91)47-57-23-14-13-15-24-57)79(10)75(89)63(52(2)3)49-67(84)73(53(4)5)78(9)70(86)32-20-28-62(82)29-22-39-93-41-43-95-45-46-96-44-42-94-40-36-69(85)77-37-35-71(87)81-51-60-27-17-16-25-58(60)33-34-59-26-18-19-30-65(59)81/h13-19,23-27,30,52-56,61,63-64,68,73-74H,12,20-22,28-29,31-32,35-51H2,1-11H3,(H,77,85)(H,90,91)/t54-,55+,56+,61+,63-,64-,68+,73-,74-/m0/s1. The molecule has 0 saturated carbocycles. The van der Waals surface area contributed by atoms with Crippen molar-refractivity contribution in [3.63, 3.8) is 0 Å². The molecule has 1 fully saturated rings. The minimum absolute atomic E-state index is 0.0111. The summed E-state index contributed by atoms with van der Waals surface area (Å²) < 4.78 is 28.5. The summed E-state index contributed by atoms with van der Waals surface area (Å²) in [7, 11) is 4.86. The summed E-state index contributed by atoms with van der Waals surface area (Å²) in [5.41, 5.74) is 4.22. The van der Waals surface area contributed by atoms with Crippen LogP contribution < -0.4 is 10.2 Å². The molecule has 0 radical (unpaired) electrons. The van der Waals surface area contributed by atoms with Crippen LogP contribution >= 0.6 is 0 Å². The first-order chi connectivity index (χ1) is 46.0. The maximum atomic E-state index is 14.8. The van der Waals surface area contributed by atoms with Gasteiger partial charge in [-0.25, -0.2) is 0 Å². The fraction of sp³-hybridized carbons (Fsp3) is 0.618. The molecule has 0 aliphatic carbocycles. The van der Waals surface area contributed by atoms with Crippen LogP contribution in [-0.4, -0.2) is 184 Å². The van der Waals surface area contributed by atoms with E-state index >= 15 is 0 Å². The first-order valence-electron chi connectivity index (χ1n) is 34.7. The van der Waals surface area contributed by atoms with Crippen LogP contribution in [0.2, 0.25) is 0 Å². The first-order valence-corrected chi connectivity index (χ1v) is 34.7. The minimum Gasteiger partial charge on any atom is -0.481 e. The largest absolute Gasteiger partial charge is 0.481 e. The molecule has 20 nitrogen and oxygen atoms in total. The van der Waals surface area contributed by atoms with Gasteiger partial charge in [-0.2, -0.15) is 0 Å². The molecule has 5 rings (SSSR count). The zero-order valence-corrected chi connectivity index (χ0v) is 59.0. The van der Waals surface area contributed by atoms with E-state index in [-0.39, 0.29) is 141 Å². The molecule has 528 valence electrons. The average Bonchev–Trinajstić information content (AvgIpc) is 0.866. The Bertz CT molecular complexity index is 3050. The fourth-order valence-corrected chi connectivity index (χ4v) is 13.0. The molecule has 2 aliphatic rings. The highest BCUT2D eigenvalue weighted by molar-refractivity contribution is 5.96. The summed E-state index contributed by atoms with van der Waals surface area (Å²) >= 11 is 0. The second-order valence-corrected chi connectivity index (χ2v) is 26.6.